The lowest BCUT2D eigenvalue weighted by molar-refractivity contribution is 0.0601. The maximum atomic E-state index is 11.2. The summed E-state index contributed by atoms with van der Waals surface area (Å²) in [6.07, 6.45) is 0. The summed E-state index contributed by atoms with van der Waals surface area (Å²) in [5, 5.41) is 0. The molecule has 4 heteroatoms. The molecule has 4 nitrogen and oxygen atoms in total. The number of hydrogen-bond acceptors (Lipinski definition) is 4. The van der Waals surface area contributed by atoms with Crippen LogP contribution in [-0.2, 0) is 9.47 Å². The Hall–Kier alpha value is -1.97. The fraction of sp³-hybridized carbons (Fsp3) is 0.182. The first-order valence-corrected chi connectivity index (χ1v) is 4.31. The SMILES string of the molecule is C=C(OC)c1ccc(C(=O)OC)cc1N. The Labute approximate surface area is 88.3 Å². The third kappa shape index (κ3) is 2.28. The molecule has 0 amide bonds. The Kier molecular flexibility index (Phi) is 3.33. The summed E-state index contributed by atoms with van der Waals surface area (Å²) in [6.45, 7) is 3.68. The molecule has 0 atom stereocenters. The number of carbonyl (C=O) groups is 1. The minimum atomic E-state index is -0.420. The van der Waals surface area contributed by atoms with E-state index in [1.807, 2.05) is 0 Å². The highest BCUT2D eigenvalue weighted by Crippen LogP contribution is 2.22. The minimum absolute atomic E-state index is 0.405. The lowest BCUT2D eigenvalue weighted by atomic mass is 10.1. The van der Waals surface area contributed by atoms with Gasteiger partial charge in [0.25, 0.3) is 0 Å². The number of nitrogens with two attached hydrogens (primary N) is 1. The van der Waals surface area contributed by atoms with Crippen molar-refractivity contribution in [1.29, 1.82) is 0 Å². The molecule has 1 aromatic carbocycles. The normalized spacial score (nSPS) is 9.47. The molecule has 0 aliphatic heterocycles. The average Bonchev–Trinajstić information content (AvgIpc) is 2.26. The monoisotopic (exact) mass is 207 g/mol. The van der Waals surface area contributed by atoms with Gasteiger partial charge in [0, 0.05) is 11.3 Å². The summed E-state index contributed by atoms with van der Waals surface area (Å²) in [5.41, 5.74) is 7.25. The second-order valence-corrected chi connectivity index (χ2v) is 2.92. The fourth-order valence-corrected chi connectivity index (χ4v) is 1.17. The first-order valence-electron chi connectivity index (χ1n) is 4.31. The largest absolute Gasteiger partial charge is 0.497 e. The van der Waals surface area contributed by atoms with Gasteiger partial charge in [0.05, 0.1) is 19.8 Å². The van der Waals surface area contributed by atoms with Gasteiger partial charge in [0.2, 0.25) is 0 Å². The van der Waals surface area contributed by atoms with E-state index in [1.165, 1.54) is 20.3 Å². The zero-order valence-corrected chi connectivity index (χ0v) is 8.74. The average molecular weight is 207 g/mol. The molecule has 80 valence electrons. The number of nitrogen functional groups attached to an aromatic ring is 1. The summed E-state index contributed by atoms with van der Waals surface area (Å²) >= 11 is 0. The molecule has 0 unspecified atom stereocenters. The molecule has 0 aromatic heterocycles. The van der Waals surface area contributed by atoms with E-state index in [-0.39, 0.29) is 0 Å². The maximum Gasteiger partial charge on any atom is 0.337 e. The Morgan fingerprint density at radius 1 is 1.33 bits per heavy atom. The van der Waals surface area contributed by atoms with Crippen LogP contribution in [0.5, 0.6) is 0 Å². The van der Waals surface area contributed by atoms with Crippen LogP contribution in [-0.4, -0.2) is 20.2 Å². The van der Waals surface area contributed by atoms with Gasteiger partial charge in [-0.2, -0.15) is 0 Å². The molecule has 0 saturated carbocycles. The molecule has 1 aromatic rings. The van der Waals surface area contributed by atoms with E-state index >= 15 is 0 Å². The predicted molar refractivity (Wildman–Crippen MR) is 58.2 cm³/mol. The Morgan fingerprint density at radius 3 is 2.47 bits per heavy atom. The van der Waals surface area contributed by atoms with Crippen molar-refractivity contribution < 1.29 is 14.3 Å². The van der Waals surface area contributed by atoms with Crippen LogP contribution < -0.4 is 5.73 Å². The van der Waals surface area contributed by atoms with Gasteiger partial charge in [0.1, 0.15) is 5.76 Å². The van der Waals surface area contributed by atoms with E-state index in [0.29, 0.717) is 22.6 Å². The number of rotatable bonds is 3. The van der Waals surface area contributed by atoms with Crippen LogP contribution >= 0.6 is 0 Å². The van der Waals surface area contributed by atoms with E-state index in [0.717, 1.165) is 0 Å². The summed E-state index contributed by atoms with van der Waals surface area (Å²) in [6, 6.07) is 4.82. The molecule has 0 radical (unpaired) electrons. The summed E-state index contributed by atoms with van der Waals surface area (Å²) in [5.74, 6) is 0.0418. The molecule has 2 N–H and O–H groups in total. The molecule has 0 fully saturated rings. The first kappa shape index (κ1) is 11.1. The number of benzene rings is 1. The third-order valence-corrected chi connectivity index (χ3v) is 2.02. The third-order valence-electron chi connectivity index (χ3n) is 2.02. The molecule has 0 heterocycles. The molecule has 0 saturated heterocycles. The van der Waals surface area contributed by atoms with Crippen molar-refractivity contribution >= 4 is 17.4 Å². The van der Waals surface area contributed by atoms with E-state index in [4.69, 9.17) is 10.5 Å². The van der Waals surface area contributed by atoms with Crippen molar-refractivity contribution in [2.24, 2.45) is 0 Å². The van der Waals surface area contributed by atoms with Crippen molar-refractivity contribution in [3.05, 3.63) is 35.9 Å². The summed E-state index contributed by atoms with van der Waals surface area (Å²) < 4.78 is 9.52. The van der Waals surface area contributed by atoms with Crippen molar-refractivity contribution in [3.63, 3.8) is 0 Å². The highest BCUT2D eigenvalue weighted by Gasteiger charge is 2.09. The van der Waals surface area contributed by atoms with Gasteiger partial charge < -0.3 is 15.2 Å². The van der Waals surface area contributed by atoms with Crippen LogP contribution in [0.1, 0.15) is 15.9 Å². The molecule has 0 aliphatic carbocycles. The maximum absolute atomic E-state index is 11.2. The summed E-state index contributed by atoms with van der Waals surface area (Å²) in [4.78, 5) is 11.2. The van der Waals surface area contributed by atoms with Crippen LogP contribution in [0.4, 0.5) is 5.69 Å². The Morgan fingerprint density at radius 2 is 2.00 bits per heavy atom. The second-order valence-electron chi connectivity index (χ2n) is 2.92. The Bertz CT molecular complexity index is 399. The molecule has 0 spiro atoms. The first-order chi connectivity index (χ1) is 7.10. The number of esters is 1. The van der Waals surface area contributed by atoms with Crippen LogP contribution in [0.25, 0.3) is 5.76 Å². The van der Waals surface area contributed by atoms with Crippen molar-refractivity contribution in [2.75, 3.05) is 20.0 Å². The summed E-state index contributed by atoms with van der Waals surface area (Å²) in [7, 11) is 2.83. The van der Waals surface area contributed by atoms with Crippen molar-refractivity contribution in [3.8, 4) is 0 Å². The lowest BCUT2D eigenvalue weighted by Crippen LogP contribution is -2.03. The zero-order valence-electron chi connectivity index (χ0n) is 8.74. The zero-order chi connectivity index (χ0) is 11.4. The van der Waals surface area contributed by atoms with Gasteiger partial charge in [-0.1, -0.05) is 6.58 Å². The molecule has 1 rings (SSSR count). The van der Waals surface area contributed by atoms with E-state index < -0.39 is 5.97 Å². The number of methoxy groups -OCH3 is 2. The van der Waals surface area contributed by atoms with E-state index in [1.54, 1.807) is 12.1 Å². The smallest absolute Gasteiger partial charge is 0.337 e. The van der Waals surface area contributed by atoms with Crippen molar-refractivity contribution in [1.82, 2.24) is 0 Å². The molecular weight excluding hydrogens is 194 g/mol. The van der Waals surface area contributed by atoms with Gasteiger partial charge in [-0.25, -0.2) is 4.79 Å². The number of carbonyl (C=O) groups excluding carboxylic acids is 1. The van der Waals surface area contributed by atoms with Crippen molar-refractivity contribution in [2.45, 2.75) is 0 Å². The topological polar surface area (TPSA) is 61.5 Å². The van der Waals surface area contributed by atoms with Gasteiger partial charge >= 0.3 is 5.97 Å². The van der Waals surface area contributed by atoms with Crippen LogP contribution in [0.2, 0.25) is 0 Å². The minimum Gasteiger partial charge on any atom is -0.497 e. The quantitative estimate of drug-likeness (QED) is 0.465. The molecular formula is C11H13NO3. The number of ether oxygens (including phenoxy) is 2. The predicted octanol–water partition coefficient (Wildman–Crippen LogP) is 1.67. The van der Waals surface area contributed by atoms with Gasteiger partial charge in [-0.15, -0.1) is 0 Å². The molecule has 15 heavy (non-hydrogen) atoms. The fourth-order valence-electron chi connectivity index (χ4n) is 1.17. The van der Waals surface area contributed by atoms with Gasteiger partial charge in [0.15, 0.2) is 0 Å². The van der Waals surface area contributed by atoms with E-state index in [2.05, 4.69) is 11.3 Å². The van der Waals surface area contributed by atoms with Gasteiger partial charge in [-0.3, -0.25) is 0 Å². The lowest BCUT2D eigenvalue weighted by Gasteiger charge is -2.08. The van der Waals surface area contributed by atoms with E-state index in [9.17, 15) is 4.79 Å². The van der Waals surface area contributed by atoms with Crippen LogP contribution in [0, 0.1) is 0 Å². The molecule has 0 bridgehead atoms. The number of hydrogen-bond donors (Lipinski definition) is 1. The second kappa shape index (κ2) is 4.50. The Balaban J connectivity index is 3.08. The van der Waals surface area contributed by atoms with Crippen LogP contribution in [0.15, 0.2) is 24.8 Å². The number of anilines is 1. The van der Waals surface area contributed by atoms with Crippen LogP contribution in [0.3, 0.4) is 0 Å². The molecule has 0 aliphatic rings. The van der Waals surface area contributed by atoms with Gasteiger partial charge in [-0.05, 0) is 18.2 Å². The standard InChI is InChI=1S/C11H13NO3/c1-7(14-2)9-5-4-8(6-10(9)12)11(13)15-3/h4-6H,1,12H2,2-3H3. The highest BCUT2D eigenvalue weighted by molar-refractivity contribution is 5.91. The highest BCUT2D eigenvalue weighted by atomic mass is 16.5.